The van der Waals surface area contributed by atoms with Crippen LogP contribution in [0.4, 0.5) is 14.5 Å². The number of likely N-dealkylation sites (N-methyl/N-ethyl adjacent to an activating group) is 1. The maximum atomic E-state index is 13.8. The monoisotopic (exact) mass is 414 g/mol. The molecule has 30 heavy (non-hydrogen) atoms. The van der Waals surface area contributed by atoms with Gasteiger partial charge in [-0.2, -0.15) is 4.80 Å². The summed E-state index contributed by atoms with van der Waals surface area (Å²) < 4.78 is 32.7. The molecule has 0 saturated heterocycles. The number of tetrazole rings is 1. The highest BCUT2D eigenvalue weighted by molar-refractivity contribution is 6.02. The number of hydrogen-bond acceptors (Lipinski definition) is 6. The Kier molecular flexibility index (Phi) is 5.09. The lowest BCUT2D eigenvalue weighted by molar-refractivity contribution is -0.120. The Hall–Kier alpha value is -3.89. The van der Waals surface area contributed by atoms with E-state index in [0.717, 1.165) is 23.0 Å². The van der Waals surface area contributed by atoms with Gasteiger partial charge in [-0.15, -0.1) is 10.2 Å². The lowest BCUT2D eigenvalue weighted by Crippen LogP contribution is -2.49. The number of hydrogen-bond donors (Lipinski definition) is 1. The van der Waals surface area contributed by atoms with Gasteiger partial charge < -0.3 is 15.0 Å². The van der Waals surface area contributed by atoms with E-state index in [-0.39, 0.29) is 30.4 Å². The van der Waals surface area contributed by atoms with Gasteiger partial charge in [0, 0.05) is 12.6 Å². The summed E-state index contributed by atoms with van der Waals surface area (Å²) in [7, 11) is 1.58. The zero-order valence-corrected chi connectivity index (χ0v) is 15.7. The third-order valence-electron chi connectivity index (χ3n) is 4.54. The highest BCUT2D eigenvalue weighted by Gasteiger charge is 2.31. The van der Waals surface area contributed by atoms with Gasteiger partial charge in [0.2, 0.25) is 0 Å². The first-order chi connectivity index (χ1) is 14.4. The number of para-hydroxylation sites is 2. The van der Waals surface area contributed by atoms with Crippen LogP contribution < -0.4 is 15.0 Å². The molecule has 9 nitrogen and oxygen atoms in total. The fraction of sp³-hybridized carbons (Fsp3) is 0.211. The third-order valence-corrected chi connectivity index (χ3v) is 4.54. The smallest absolute Gasteiger partial charge is 0.293 e. The Morgan fingerprint density at radius 1 is 1.27 bits per heavy atom. The molecule has 0 saturated carbocycles. The van der Waals surface area contributed by atoms with Crippen LogP contribution in [0.5, 0.6) is 5.75 Å². The van der Waals surface area contributed by atoms with Crippen LogP contribution in [-0.4, -0.2) is 51.7 Å². The standard InChI is InChI=1S/C19H16F2N6O3/c1-26-15-4-2-3-5-16(15)30-10-14(19(26)29)22-18(28)17-23-25-27(24-17)9-11-8-12(20)6-7-13(11)21/h2-8,14H,9-10H2,1H3,(H,22,28). The Bertz CT molecular complexity index is 1120. The van der Waals surface area contributed by atoms with Crippen molar-refractivity contribution in [3.05, 3.63) is 65.5 Å². The van der Waals surface area contributed by atoms with Crippen molar-refractivity contribution in [2.45, 2.75) is 12.6 Å². The summed E-state index contributed by atoms with van der Waals surface area (Å²) in [6, 6.07) is 9.03. The molecule has 11 heteroatoms. The Morgan fingerprint density at radius 3 is 2.90 bits per heavy atom. The predicted octanol–water partition coefficient (Wildman–Crippen LogP) is 1.15. The summed E-state index contributed by atoms with van der Waals surface area (Å²) in [4.78, 5) is 27.5. The number of rotatable bonds is 4. The molecule has 4 rings (SSSR count). The summed E-state index contributed by atoms with van der Waals surface area (Å²) in [5.74, 6) is -2.16. The first-order valence-corrected chi connectivity index (χ1v) is 8.94. The molecule has 0 spiro atoms. The first kappa shape index (κ1) is 19.4. The van der Waals surface area contributed by atoms with Crippen LogP contribution in [0.3, 0.4) is 0 Å². The molecule has 1 aromatic heterocycles. The van der Waals surface area contributed by atoms with Gasteiger partial charge >= 0.3 is 0 Å². The average molecular weight is 414 g/mol. The molecule has 1 atom stereocenters. The van der Waals surface area contributed by atoms with Gasteiger partial charge in [-0.05, 0) is 35.5 Å². The zero-order valence-electron chi connectivity index (χ0n) is 15.7. The summed E-state index contributed by atoms with van der Waals surface area (Å²) in [5.41, 5.74) is 0.589. The highest BCUT2D eigenvalue weighted by Crippen LogP contribution is 2.29. The third kappa shape index (κ3) is 3.81. The lowest BCUT2D eigenvalue weighted by atomic mass is 10.2. The number of anilines is 1. The number of carbonyl (C=O) groups excluding carboxylic acids is 2. The minimum Gasteiger partial charge on any atom is -0.489 e. The zero-order chi connectivity index (χ0) is 21.3. The minimum absolute atomic E-state index is 0.00564. The van der Waals surface area contributed by atoms with E-state index in [4.69, 9.17) is 4.74 Å². The van der Waals surface area contributed by atoms with Gasteiger partial charge in [0.1, 0.15) is 30.0 Å². The van der Waals surface area contributed by atoms with Crippen LogP contribution in [0.1, 0.15) is 16.2 Å². The molecule has 2 heterocycles. The van der Waals surface area contributed by atoms with Crippen molar-refractivity contribution in [2.75, 3.05) is 18.6 Å². The summed E-state index contributed by atoms with van der Waals surface area (Å²) >= 11 is 0. The number of aromatic nitrogens is 4. The first-order valence-electron chi connectivity index (χ1n) is 8.94. The molecule has 2 aromatic carbocycles. The number of benzene rings is 2. The molecule has 1 unspecified atom stereocenters. The Labute approximate surface area is 169 Å². The molecule has 1 aliphatic heterocycles. The van der Waals surface area contributed by atoms with Crippen molar-refractivity contribution in [2.24, 2.45) is 0 Å². The maximum absolute atomic E-state index is 13.8. The highest BCUT2D eigenvalue weighted by atomic mass is 19.1. The summed E-state index contributed by atoms with van der Waals surface area (Å²) in [5, 5.41) is 13.7. The van der Waals surface area contributed by atoms with E-state index in [1.54, 1.807) is 31.3 Å². The Morgan fingerprint density at radius 2 is 2.07 bits per heavy atom. The SMILES string of the molecule is CN1C(=O)C(NC(=O)c2nnn(Cc3cc(F)ccc3F)n2)COc2ccccc21. The number of fused-ring (bicyclic) bond motifs is 1. The fourth-order valence-electron chi connectivity index (χ4n) is 3.00. The number of carbonyl (C=O) groups is 2. The topological polar surface area (TPSA) is 102 Å². The largest absolute Gasteiger partial charge is 0.489 e. The quantitative estimate of drug-likeness (QED) is 0.687. The fourth-order valence-corrected chi connectivity index (χ4v) is 3.00. The number of ether oxygens (including phenoxy) is 1. The van der Waals surface area contributed by atoms with E-state index < -0.39 is 23.6 Å². The van der Waals surface area contributed by atoms with Crippen LogP contribution in [0, 0.1) is 11.6 Å². The van der Waals surface area contributed by atoms with E-state index in [1.165, 1.54) is 4.90 Å². The van der Waals surface area contributed by atoms with Crippen molar-refractivity contribution in [1.82, 2.24) is 25.5 Å². The number of nitrogens with one attached hydrogen (secondary N) is 1. The van der Waals surface area contributed by atoms with Crippen LogP contribution in [-0.2, 0) is 11.3 Å². The van der Waals surface area contributed by atoms with Crippen molar-refractivity contribution in [3.8, 4) is 5.75 Å². The predicted molar refractivity (Wildman–Crippen MR) is 99.9 cm³/mol. The lowest BCUT2D eigenvalue weighted by Gasteiger charge is -2.19. The Balaban J connectivity index is 1.46. The molecule has 0 bridgehead atoms. The average Bonchev–Trinajstić information content (AvgIpc) is 3.17. The van der Waals surface area contributed by atoms with Crippen LogP contribution in [0.15, 0.2) is 42.5 Å². The number of amides is 2. The van der Waals surface area contributed by atoms with E-state index in [9.17, 15) is 18.4 Å². The van der Waals surface area contributed by atoms with E-state index in [2.05, 4.69) is 20.7 Å². The van der Waals surface area contributed by atoms with E-state index in [0.29, 0.717) is 11.4 Å². The van der Waals surface area contributed by atoms with Crippen molar-refractivity contribution >= 4 is 17.5 Å². The molecule has 154 valence electrons. The van der Waals surface area contributed by atoms with Gasteiger partial charge in [-0.25, -0.2) is 8.78 Å². The molecular formula is C19H16F2N6O3. The van der Waals surface area contributed by atoms with Crippen molar-refractivity contribution in [3.63, 3.8) is 0 Å². The normalized spacial score (nSPS) is 15.9. The molecule has 0 aliphatic carbocycles. The molecule has 3 aromatic rings. The molecule has 1 aliphatic rings. The molecular weight excluding hydrogens is 398 g/mol. The molecule has 2 amide bonds. The van der Waals surface area contributed by atoms with Crippen molar-refractivity contribution < 1.29 is 23.1 Å². The van der Waals surface area contributed by atoms with Crippen LogP contribution in [0.25, 0.3) is 0 Å². The minimum atomic E-state index is -0.970. The molecule has 0 fully saturated rings. The molecule has 0 radical (unpaired) electrons. The van der Waals surface area contributed by atoms with Crippen LogP contribution >= 0.6 is 0 Å². The van der Waals surface area contributed by atoms with Gasteiger partial charge in [0.05, 0.1) is 12.2 Å². The van der Waals surface area contributed by atoms with Crippen molar-refractivity contribution in [1.29, 1.82) is 0 Å². The van der Waals surface area contributed by atoms with Gasteiger partial charge in [-0.1, -0.05) is 12.1 Å². The van der Waals surface area contributed by atoms with Gasteiger partial charge in [-0.3, -0.25) is 9.59 Å². The second kappa shape index (κ2) is 7.85. The van der Waals surface area contributed by atoms with E-state index >= 15 is 0 Å². The molecule has 1 N–H and O–H groups in total. The maximum Gasteiger partial charge on any atom is 0.293 e. The van der Waals surface area contributed by atoms with Gasteiger partial charge in [0.25, 0.3) is 17.6 Å². The van der Waals surface area contributed by atoms with Crippen LogP contribution in [0.2, 0.25) is 0 Å². The summed E-state index contributed by atoms with van der Waals surface area (Å²) in [6.07, 6.45) is 0. The number of nitrogens with zero attached hydrogens (tertiary/aromatic N) is 5. The van der Waals surface area contributed by atoms with Gasteiger partial charge in [0.15, 0.2) is 0 Å². The summed E-state index contributed by atoms with van der Waals surface area (Å²) in [6.45, 7) is -0.290. The number of halogens is 2. The second-order valence-corrected chi connectivity index (χ2v) is 6.58. The van der Waals surface area contributed by atoms with E-state index in [1.807, 2.05) is 0 Å². The second-order valence-electron chi connectivity index (χ2n) is 6.58.